The molecule has 0 rings (SSSR count). The highest BCUT2D eigenvalue weighted by Gasteiger charge is 2.38. The Bertz CT molecular complexity index is 152. The number of hydrogen-bond acceptors (Lipinski definition) is 3. The van der Waals surface area contributed by atoms with Crippen LogP contribution in [0.4, 0.5) is 13.2 Å². The van der Waals surface area contributed by atoms with Crippen LogP contribution in [0.1, 0.15) is 6.42 Å². The summed E-state index contributed by atoms with van der Waals surface area (Å²) in [7, 11) is 3.34. The highest BCUT2D eigenvalue weighted by Crippen LogP contribution is 2.20. The van der Waals surface area contributed by atoms with E-state index >= 15 is 0 Å². The third-order valence-corrected chi connectivity index (χ3v) is 1.83. The van der Waals surface area contributed by atoms with Crippen molar-refractivity contribution >= 4 is 0 Å². The lowest BCUT2D eigenvalue weighted by Gasteiger charge is -2.21. The molecular weight excluding hydrogens is 197 g/mol. The molecule has 6 heteroatoms. The molecule has 1 unspecified atom stereocenters. The topological polar surface area (TPSA) is 35.5 Å². The molecule has 0 aliphatic heterocycles. The first kappa shape index (κ1) is 13.7. The quantitative estimate of drug-likeness (QED) is 0.630. The Balaban J connectivity index is 3.66. The minimum atomic E-state index is -4.52. The normalized spacial score (nSPS) is 14.8. The molecule has 0 aliphatic rings. The monoisotopic (exact) mass is 214 g/mol. The van der Waals surface area contributed by atoms with Crippen LogP contribution in [-0.4, -0.2) is 56.0 Å². The van der Waals surface area contributed by atoms with Gasteiger partial charge in [0.25, 0.3) is 0 Å². The molecule has 0 saturated heterocycles. The van der Waals surface area contributed by atoms with Crippen LogP contribution in [0.15, 0.2) is 0 Å². The van der Waals surface area contributed by atoms with Gasteiger partial charge in [-0.25, -0.2) is 0 Å². The molecule has 0 amide bonds. The van der Waals surface area contributed by atoms with Crippen molar-refractivity contribution in [1.29, 1.82) is 0 Å². The van der Waals surface area contributed by atoms with Gasteiger partial charge in [-0.2, -0.15) is 13.2 Å². The Hall–Kier alpha value is -0.330. The van der Waals surface area contributed by atoms with E-state index in [1.54, 1.807) is 14.1 Å². The number of halogens is 3. The Kier molecular flexibility index (Phi) is 6.06. The Morgan fingerprint density at radius 1 is 1.43 bits per heavy atom. The largest absolute Gasteiger partial charge is 0.415 e. The van der Waals surface area contributed by atoms with Gasteiger partial charge in [0, 0.05) is 6.54 Å². The lowest BCUT2D eigenvalue weighted by Crippen LogP contribution is -2.40. The lowest BCUT2D eigenvalue weighted by molar-refractivity contribution is -0.207. The Morgan fingerprint density at radius 2 is 2.00 bits per heavy atom. The number of aliphatic hydroxyl groups excluding tert-OH is 1. The van der Waals surface area contributed by atoms with Crippen LogP contribution < -0.4 is 5.32 Å². The SMILES string of the molecule is CNCCCN(C)CC(O)C(F)(F)F. The summed E-state index contributed by atoms with van der Waals surface area (Å²) in [5, 5.41) is 11.6. The summed E-state index contributed by atoms with van der Waals surface area (Å²) in [5.74, 6) is 0. The molecule has 0 aromatic heterocycles. The summed E-state index contributed by atoms with van der Waals surface area (Å²) >= 11 is 0. The predicted molar refractivity (Wildman–Crippen MR) is 48.1 cm³/mol. The van der Waals surface area contributed by atoms with E-state index in [9.17, 15) is 13.2 Å². The first-order valence-electron chi connectivity index (χ1n) is 4.46. The van der Waals surface area contributed by atoms with Crippen LogP contribution in [0, 0.1) is 0 Å². The standard InChI is InChI=1S/C8H17F3N2O/c1-12-4-3-5-13(2)6-7(14)8(9,10)11/h7,12,14H,3-6H2,1-2H3. The van der Waals surface area contributed by atoms with E-state index in [2.05, 4.69) is 5.32 Å². The van der Waals surface area contributed by atoms with Crippen molar-refractivity contribution in [1.82, 2.24) is 10.2 Å². The molecule has 0 spiro atoms. The zero-order chi connectivity index (χ0) is 11.2. The van der Waals surface area contributed by atoms with E-state index < -0.39 is 12.3 Å². The fourth-order valence-corrected chi connectivity index (χ4v) is 1.02. The smallest absolute Gasteiger partial charge is 0.382 e. The van der Waals surface area contributed by atoms with E-state index in [0.29, 0.717) is 6.54 Å². The van der Waals surface area contributed by atoms with Crippen LogP contribution in [0.3, 0.4) is 0 Å². The minimum absolute atomic E-state index is 0.368. The summed E-state index contributed by atoms with van der Waals surface area (Å²) in [4.78, 5) is 1.47. The van der Waals surface area contributed by atoms with E-state index in [1.807, 2.05) is 0 Å². The fourth-order valence-electron chi connectivity index (χ4n) is 1.02. The summed E-state index contributed by atoms with van der Waals surface area (Å²) in [6.07, 6.45) is -6.00. The molecule has 0 fully saturated rings. The van der Waals surface area contributed by atoms with Crippen LogP contribution in [-0.2, 0) is 0 Å². The molecule has 1 atom stereocenters. The Labute approximate surface area is 81.9 Å². The van der Waals surface area contributed by atoms with Gasteiger partial charge in [0.2, 0.25) is 0 Å². The van der Waals surface area contributed by atoms with Crippen molar-refractivity contribution < 1.29 is 18.3 Å². The highest BCUT2D eigenvalue weighted by molar-refractivity contribution is 4.69. The lowest BCUT2D eigenvalue weighted by atomic mass is 10.3. The van der Waals surface area contributed by atoms with Crippen LogP contribution >= 0.6 is 0 Å². The molecule has 2 N–H and O–H groups in total. The van der Waals surface area contributed by atoms with Gasteiger partial charge in [0.1, 0.15) is 0 Å². The molecule has 0 heterocycles. The van der Waals surface area contributed by atoms with Gasteiger partial charge in [-0.1, -0.05) is 0 Å². The number of hydrogen-bond donors (Lipinski definition) is 2. The third kappa shape index (κ3) is 6.17. The minimum Gasteiger partial charge on any atom is -0.382 e. The molecule has 0 bridgehead atoms. The van der Waals surface area contributed by atoms with Crippen molar-refractivity contribution in [3.8, 4) is 0 Å². The van der Waals surface area contributed by atoms with Crippen LogP contribution in [0.2, 0.25) is 0 Å². The summed E-state index contributed by atoms with van der Waals surface area (Å²) < 4.78 is 35.7. The fraction of sp³-hybridized carbons (Fsp3) is 1.00. The van der Waals surface area contributed by atoms with Gasteiger partial charge < -0.3 is 15.3 Å². The molecule has 3 nitrogen and oxygen atoms in total. The predicted octanol–water partition coefficient (Wildman–Crippen LogP) is 0.451. The molecule has 0 radical (unpaired) electrons. The molecule has 0 aliphatic carbocycles. The second-order valence-corrected chi connectivity index (χ2v) is 3.28. The number of aliphatic hydroxyl groups is 1. The number of nitrogens with zero attached hydrogens (tertiary/aromatic N) is 1. The van der Waals surface area contributed by atoms with Gasteiger partial charge in [-0.3, -0.25) is 0 Å². The first-order chi connectivity index (χ1) is 6.38. The maximum absolute atomic E-state index is 11.9. The third-order valence-electron chi connectivity index (χ3n) is 1.83. The average Bonchev–Trinajstić information content (AvgIpc) is 2.03. The number of nitrogens with one attached hydrogen (secondary N) is 1. The molecule has 0 saturated carbocycles. The van der Waals surface area contributed by atoms with Crippen molar-refractivity contribution in [2.75, 3.05) is 33.7 Å². The Morgan fingerprint density at radius 3 is 2.43 bits per heavy atom. The second kappa shape index (κ2) is 6.21. The molecule has 14 heavy (non-hydrogen) atoms. The second-order valence-electron chi connectivity index (χ2n) is 3.28. The van der Waals surface area contributed by atoms with E-state index in [0.717, 1.165) is 13.0 Å². The number of rotatable bonds is 6. The zero-order valence-corrected chi connectivity index (χ0v) is 8.43. The van der Waals surface area contributed by atoms with Crippen LogP contribution in [0.5, 0.6) is 0 Å². The molecular formula is C8H17F3N2O. The molecule has 0 aromatic carbocycles. The number of likely N-dealkylation sites (N-methyl/N-ethyl adjacent to an activating group) is 1. The first-order valence-corrected chi connectivity index (χ1v) is 4.46. The van der Waals surface area contributed by atoms with Crippen molar-refractivity contribution in [3.05, 3.63) is 0 Å². The summed E-state index contributed by atoms with van der Waals surface area (Å²) in [6.45, 7) is 0.924. The summed E-state index contributed by atoms with van der Waals surface area (Å²) in [5.41, 5.74) is 0. The van der Waals surface area contributed by atoms with Crippen molar-refractivity contribution in [3.63, 3.8) is 0 Å². The maximum Gasteiger partial charge on any atom is 0.415 e. The number of alkyl halides is 3. The van der Waals surface area contributed by atoms with Crippen molar-refractivity contribution in [2.45, 2.75) is 18.7 Å². The van der Waals surface area contributed by atoms with Gasteiger partial charge >= 0.3 is 6.18 Å². The summed E-state index contributed by atoms with van der Waals surface area (Å²) in [6, 6.07) is 0. The van der Waals surface area contributed by atoms with E-state index in [4.69, 9.17) is 5.11 Å². The van der Waals surface area contributed by atoms with Gasteiger partial charge in [0.05, 0.1) is 0 Å². The zero-order valence-electron chi connectivity index (χ0n) is 8.43. The maximum atomic E-state index is 11.9. The molecule has 0 aromatic rings. The van der Waals surface area contributed by atoms with Gasteiger partial charge in [-0.05, 0) is 33.6 Å². The average molecular weight is 214 g/mol. The van der Waals surface area contributed by atoms with E-state index in [-0.39, 0.29) is 6.54 Å². The van der Waals surface area contributed by atoms with Gasteiger partial charge in [0.15, 0.2) is 6.10 Å². The molecule has 86 valence electrons. The highest BCUT2D eigenvalue weighted by atomic mass is 19.4. The van der Waals surface area contributed by atoms with Crippen LogP contribution in [0.25, 0.3) is 0 Å². The van der Waals surface area contributed by atoms with E-state index in [1.165, 1.54) is 4.90 Å². The van der Waals surface area contributed by atoms with Crippen molar-refractivity contribution in [2.24, 2.45) is 0 Å². The van der Waals surface area contributed by atoms with Gasteiger partial charge in [-0.15, -0.1) is 0 Å².